The SMILES string of the molecule is CCON=C(c1ccc(CO)cc1)c1ccc(Cl)cn1. The first-order valence-electron chi connectivity index (χ1n) is 6.26. The van der Waals surface area contributed by atoms with E-state index in [1.807, 2.05) is 31.2 Å². The van der Waals surface area contributed by atoms with Crippen LogP contribution in [0.15, 0.2) is 47.8 Å². The lowest BCUT2D eigenvalue weighted by molar-refractivity contribution is 0.159. The van der Waals surface area contributed by atoms with E-state index in [1.54, 1.807) is 18.3 Å². The predicted octanol–water partition coefficient (Wildman–Crippen LogP) is 3.02. The zero-order valence-electron chi connectivity index (χ0n) is 11.1. The Labute approximate surface area is 122 Å². The zero-order valence-corrected chi connectivity index (χ0v) is 11.8. The molecule has 0 aliphatic carbocycles. The lowest BCUT2D eigenvalue weighted by atomic mass is 10.1. The highest BCUT2D eigenvalue weighted by atomic mass is 35.5. The molecule has 4 nitrogen and oxygen atoms in total. The second-order valence-corrected chi connectivity index (χ2v) is 4.51. The van der Waals surface area contributed by atoms with Gasteiger partial charge in [-0.1, -0.05) is 41.0 Å². The molecule has 2 rings (SSSR count). The number of aliphatic hydroxyl groups excluding tert-OH is 1. The molecule has 0 aliphatic rings. The molecule has 0 bridgehead atoms. The summed E-state index contributed by atoms with van der Waals surface area (Å²) < 4.78 is 0. The van der Waals surface area contributed by atoms with E-state index in [1.165, 1.54) is 0 Å². The third-order valence-electron chi connectivity index (χ3n) is 2.66. The first kappa shape index (κ1) is 14.5. The maximum atomic E-state index is 9.07. The normalized spacial score (nSPS) is 11.4. The predicted molar refractivity (Wildman–Crippen MR) is 78.9 cm³/mol. The van der Waals surface area contributed by atoms with Crippen molar-refractivity contribution in [3.8, 4) is 0 Å². The lowest BCUT2D eigenvalue weighted by Crippen LogP contribution is -2.07. The standard InChI is InChI=1S/C15H15ClN2O2/c1-2-20-18-15(14-8-7-13(16)9-17-14)12-5-3-11(10-19)4-6-12/h3-9,19H,2,10H2,1H3. The van der Waals surface area contributed by atoms with E-state index < -0.39 is 0 Å². The van der Waals surface area contributed by atoms with Gasteiger partial charge in [0.25, 0.3) is 0 Å². The average molecular weight is 291 g/mol. The summed E-state index contributed by atoms with van der Waals surface area (Å²) in [6.45, 7) is 2.36. The van der Waals surface area contributed by atoms with Gasteiger partial charge in [-0.15, -0.1) is 0 Å². The molecule has 0 radical (unpaired) electrons. The Bertz CT molecular complexity index is 580. The summed E-state index contributed by atoms with van der Waals surface area (Å²) in [5.74, 6) is 0. The van der Waals surface area contributed by atoms with Crippen LogP contribution in [-0.4, -0.2) is 22.4 Å². The van der Waals surface area contributed by atoms with Crippen LogP contribution in [0.3, 0.4) is 0 Å². The molecule has 0 aliphatic heterocycles. The molecule has 0 saturated carbocycles. The van der Waals surface area contributed by atoms with E-state index in [9.17, 15) is 0 Å². The summed E-state index contributed by atoms with van der Waals surface area (Å²) in [5, 5.41) is 13.8. The number of oxime groups is 1. The molecule has 0 unspecified atom stereocenters. The monoisotopic (exact) mass is 290 g/mol. The Morgan fingerprint density at radius 1 is 1.25 bits per heavy atom. The van der Waals surface area contributed by atoms with Crippen LogP contribution < -0.4 is 0 Å². The van der Waals surface area contributed by atoms with Gasteiger partial charge in [-0.3, -0.25) is 4.98 Å². The quantitative estimate of drug-likeness (QED) is 0.680. The van der Waals surface area contributed by atoms with Crippen LogP contribution in [0.2, 0.25) is 5.02 Å². The van der Waals surface area contributed by atoms with Crippen LogP contribution in [0.25, 0.3) is 0 Å². The minimum Gasteiger partial charge on any atom is -0.396 e. The fourth-order valence-electron chi connectivity index (χ4n) is 1.66. The van der Waals surface area contributed by atoms with Gasteiger partial charge >= 0.3 is 0 Å². The molecule has 104 valence electrons. The molecule has 0 spiro atoms. The molecule has 0 amide bonds. The second kappa shape index (κ2) is 7.03. The van der Waals surface area contributed by atoms with Crippen molar-refractivity contribution in [1.82, 2.24) is 4.98 Å². The Kier molecular flexibility index (Phi) is 5.09. The van der Waals surface area contributed by atoms with Gasteiger partial charge in [-0.05, 0) is 24.6 Å². The summed E-state index contributed by atoms with van der Waals surface area (Å²) in [5.41, 5.74) is 3.02. The number of aliphatic hydroxyl groups is 1. The summed E-state index contributed by atoms with van der Waals surface area (Å²) >= 11 is 5.84. The summed E-state index contributed by atoms with van der Waals surface area (Å²) in [4.78, 5) is 9.42. The minimum atomic E-state index is 0.0113. The lowest BCUT2D eigenvalue weighted by Gasteiger charge is -2.07. The van der Waals surface area contributed by atoms with Crippen LogP contribution in [0.5, 0.6) is 0 Å². The van der Waals surface area contributed by atoms with Gasteiger partial charge in [-0.25, -0.2) is 0 Å². The van der Waals surface area contributed by atoms with Crippen LogP contribution in [0.1, 0.15) is 23.7 Å². The number of halogens is 1. The van der Waals surface area contributed by atoms with Crippen molar-refractivity contribution < 1.29 is 9.94 Å². The van der Waals surface area contributed by atoms with Crippen LogP contribution in [0.4, 0.5) is 0 Å². The number of benzene rings is 1. The molecule has 2 aromatic rings. The van der Waals surface area contributed by atoms with E-state index in [4.69, 9.17) is 21.5 Å². The van der Waals surface area contributed by atoms with E-state index in [2.05, 4.69) is 10.1 Å². The van der Waals surface area contributed by atoms with E-state index in [-0.39, 0.29) is 6.61 Å². The highest BCUT2D eigenvalue weighted by Gasteiger charge is 2.09. The first-order valence-corrected chi connectivity index (χ1v) is 6.64. The molecule has 1 aromatic heterocycles. The Balaban J connectivity index is 2.38. The number of hydrogen-bond acceptors (Lipinski definition) is 4. The first-order chi connectivity index (χ1) is 9.74. The van der Waals surface area contributed by atoms with Gasteiger partial charge in [0.2, 0.25) is 0 Å². The Morgan fingerprint density at radius 2 is 2.00 bits per heavy atom. The largest absolute Gasteiger partial charge is 0.396 e. The van der Waals surface area contributed by atoms with Gasteiger partial charge in [0.15, 0.2) is 0 Å². The molecule has 5 heteroatoms. The number of hydrogen-bond donors (Lipinski definition) is 1. The summed E-state index contributed by atoms with van der Waals surface area (Å²) in [6.07, 6.45) is 1.57. The third-order valence-corrected chi connectivity index (χ3v) is 2.89. The molecule has 20 heavy (non-hydrogen) atoms. The van der Waals surface area contributed by atoms with Gasteiger partial charge in [0.05, 0.1) is 17.3 Å². The van der Waals surface area contributed by atoms with Gasteiger partial charge < -0.3 is 9.94 Å². The van der Waals surface area contributed by atoms with Crippen LogP contribution in [-0.2, 0) is 11.4 Å². The number of pyridine rings is 1. The van der Waals surface area contributed by atoms with E-state index in [0.717, 1.165) is 11.1 Å². The summed E-state index contributed by atoms with van der Waals surface area (Å²) in [7, 11) is 0. The average Bonchev–Trinajstić information content (AvgIpc) is 2.50. The number of aromatic nitrogens is 1. The molecule has 1 heterocycles. The van der Waals surface area contributed by atoms with Crippen LogP contribution >= 0.6 is 11.6 Å². The molecule has 0 atom stereocenters. The van der Waals surface area contributed by atoms with Crippen molar-refractivity contribution in [2.75, 3.05) is 6.61 Å². The van der Waals surface area contributed by atoms with Crippen molar-refractivity contribution in [2.24, 2.45) is 5.16 Å². The molecule has 1 N–H and O–H groups in total. The fourth-order valence-corrected chi connectivity index (χ4v) is 1.77. The van der Waals surface area contributed by atoms with Crippen LogP contribution in [0, 0.1) is 0 Å². The number of rotatable bonds is 5. The van der Waals surface area contributed by atoms with Gasteiger partial charge in [0, 0.05) is 11.8 Å². The van der Waals surface area contributed by atoms with Gasteiger partial charge in [-0.2, -0.15) is 0 Å². The van der Waals surface area contributed by atoms with Crippen molar-refractivity contribution >= 4 is 17.3 Å². The highest BCUT2D eigenvalue weighted by molar-refractivity contribution is 6.30. The third kappa shape index (κ3) is 3.56. The second-order valence-electron chi connectivity index (χ2n) is 4.07. The Hall–Kier alpha value is -1.91. The molecule has 0 fully saturated rings. The van der Waals surface area contributed by atoms with Crippen molar-refractivity contribution in [3.05, 3.63) is 64.4 Å². The smallest absolute Gasteiger partial charge is 0.135 e. The topological polar surface area (TPSA) is 54.7 Å². The molecule has 0 saturated heterocycles. The van der Waals surface area contributed by atoms with Crippen molar-refractivity contribution in [1.29, 1.82) is 0 Å². The van der Waals surface area contributed by atoms with E-state index in [0.29, 0.717) is 23.0 Å². The maximum absolute atomic E-state index is 9.07. The maximum Gasteiger partial charge on any atom is 0.135 e. The molecule has 1 aromatic carbocycles. The molecular weight excluding hydrogens is 276 g/mol. The fraction of sp³-hybridized carbons (Fsp3) is 0.200. The molecular formula is C15H15ClN2O2. The van der Waals surface area contributed by atoms with E-state index >= 15 is 0 Å². The van der Waals surface area contributed by atoms with Crippen molar-refractivity contribution in [2.45, 2.75) is 13.5 Å². The number of nitrogens with zero attached hydrogens (tertiary/aromatic N) is 2. The highest BCUT2D eigenvalue weighted by Crippen LogP contribution is 2.13. The Morgan fingerprint density at radius 3 is 2.55 bits per heavy atom. The van der Waals surface area contributed by atoms with Gasteiger partial charge in [0.1, 0.15) is 12.3 Å². The minimum absolute atomic E-state index is 0.0113. The van der Waals surface area contributed by atoms with Crippen molar-refractivity contribution in [3.63, 3.8) is 0 Å². The summed E-state index contributed by atoms with van der Waals surface area (Å²) in [6, 6.07) is 11.0. The zero-order chi connectivity index (χ0) is 14.4.